The number of hydrogen-bond donors (Lipinski definition) is 1. The fourth-order valence-electron chi connectivity index (χ4n) is 2.39. The molecule has 1 aliphatic rings. The quantitative estimate of drug-likeness (QED) is 0.395. The summed E-state index contributed by atoms with van der Waals surface area (Å²) in [5.74, 6) is 0. The van der Waals surface area contributed by atoms with Crippen LogP contribution in [0.15, 0.2) is 23.4 Å². The third kappa shape index (κ3) is 6.78. The Bertz CT molecular complexity index is 357. The summed E-state index contributed by atoms with van der Waals surface area (Å²) < 4.78 is 5.36. The summed E-state index contributed by atoms with van der Waals surface area (Å²) in [6.07, 6.45) is 5.18. The number of carbonyl (C=O) groups excluding carboxylic acids is 1. The molecule has 1 aliphatic heterocycles. The van der Waals surface area contributed by atoms with Crippen molar-refractivity contribution in [2.75, 3.05) is 52.5 Å². The highest BCUT2D eigenvalue weighted by Crippen LogP contribution is 2.11. The van der Waals surface area contributed by atoms with E-state index in [1.807, 2.05) is 0 Å². The second-order valence-electron chi connectivity index (χ2n) is 5.35. The van der Waals surface area contributed by atoms with E-state index in [0.717, 1.165) is 52.3 Å². The van der Waals surface area contributed by atoms with Gasteiger partial charge in [0, 0.05) is 45.0 Å². The van der Waals surface area contributed by atoms with Gasteiger partial charge in [0.05, 0.1) is 13.2 Å². The van der Waals surface area contributed by atoms with Crippen LogP contribution in [0.5, 0.6) is 0 Å². The Morgan fingerprint density at radius 1 is 1.33 bits per heavy atom. The van der Waals surface area contributed by atoms with Gasteiger partial charge >= 0.3 is 0 Å². The lowest BCUT2D eigenvalue weighted by atomic mass is 10.2. The molecule has 0 aromatic heterocycles. The third-order valence-corrected chi connectivity index (χ3v) is 3.59. The van der Waals surface area contributed by atoms with Crippen molar-refractivity contribution in [2.24, 2.45) is 0 Å². The highest BCUT2D eigenvalue weighted by Gasteiger charge is 2.09. The Hall–Kier alpha value is -1.33. The zero-order valence-electron chi connectivity index (χ0n) is 13.6. The average molecular weight is 295 g/mol. The van der Waals surface area contributed by atoms with Crippen LogP contribution in [0.25, 0.3) is 0 Å². The minimum Gasteiger partial charge on any atom is -0.379 e. The summed E-state index contributed by atoms with van der Waals surface area (Å²) in [6, 6.07) is 0. The predicted molar refractivity (Wildman–Crippen MR) is 86.1 cm³/mol. The fraction of sp³-hybridized carbons (Fsp3) is 0.688. The molecule has 120 valence electrons. The minimum absolute atomic E-state index is 0.672. The SMILES string of the molecule is CCN(CCNC=O)C(/C=C\CN1CCOCC1)=C(C)C. The van der Waals surface area contributed by atoms with Crippen LogP contribution in [0.3, 0.4) is 0 Å². The first-order chi connectivity index (χ1) is 10.2. The molecule has 5 nitrogen and oxygen atoms in total. The van der Waals surface area contributed by atoms with E-state index in [4.69, 9.17) is 4.74 Å². The van der Waals surface area contributed by atoms with Gasteiger partial charge in [0.25, 0.3) is 0 Å². The molecule has 0 saturated carbocycles. The van der Waals surface area contributed by atoms with Gasteiger partial charge in [0.1, 0.15) is 0 Å². The molecule has 1 rings (SSSR count). The number of nitrogens with zero attached hydrogens (tertiary/aromatic N) is 2. The molecule has 1 saturated heterocycles. The molecule has 1 amide bonds. The van der Waals surface area contributed by atoms with E-state index in [2.05, 4.69) is 48.0 Å². The van der Waals surface area contributed by atoms with Crippen molar-refractivity contribution < 1.29 is 9.53 Å². The van der Waals surface area contributed by atoms with Crippen molar-refractivity contribution in [3.8, 4) is 0 Å². The molecule has 0 bridgehead atoms. The number of rotatable bonds is 9. The maximum atomic E-state index is 10.4. The third-order valence-electron chi connectivity index (χ3n) is 3.59. The number of likely N-dealkylation sites (N-methyl/N-ethyl adjacent to an activating group) is 1. The molecule has 0 atom stereocenters. The van der Waals surface area contributed by atoms with Gasteiger partial charge in [-0.15, -0.1) is 0 Å². The molecule has 5 heteroatoms. The van der Waals surface area contributed by atoms with Gasteiger partial charge in [-0.05, 0) is 26.8 Å². The van der Waals surface area contributed by atoms with Crippen LogP contribution in [0.1, 0.15) is 20.8 Å². The maximum absolute atomic E-state index is 10.4. The van der Waals surface area contributed by atoms with Crippen molar-refractivity contribution in [1.82, 2.24) is 15.1 Å². The highest BCUT2D eigenvalue weighted by molar-refractivity contribution is 5.45. The lowest BCUT2D eigenvalue weighted by Gasteiger charge is -2.27. The van der Waals surface area contributed by atoms with Crippen molar-refractivity contribution in [3.05, 3.63) is 23.4 Å². The van der Waals surface area contributed by atoms with Crippen LogP contribution in [-0.2, 0) is 9.53 Å². The minimum atomic E-state index is 0.672. The molecular weight excluding hydrogens is 266 g/mol. The van der Waals surface area contributed by atoms with Crippen LogP contribution in [0.4, 0.5) is 0 Å². The van der Waals surface area contributed by atoms with Crippen molar-refractivity contribution in [3.63, 3.8) is 0 Å². The van der Waals surface area contributed by atoms with Crippen LogP contribution in [0, 0.1) is 0 Å². The standard InChI is InChI=1S/C16H29N3O2/c1-4-19(9-7-17-14-20)16(15(2)3)6-5-8-18-10-12-21-13-11-18/h5-6,14H,4,7-13H2,1-3H3,(H,17,20)/b6-5-. The monoisotopic (exact) mass is 295 g/mol. The fourth-order valence-corrected chi connectivity index (χ4v) is 2.39. The Morgan fingerprint density at radius 3 is 2.62 bits per heavy atom. The number of allylic oxidation sites excluding steroid dienone is 2. The van der Waals surface area contributed by atoms with Crippen molar-refractivity contribution in [1.29, 1.82) is 0 Å². The van der Waals surface area contributed by atoms with Crippen molar-refractivity contribution in [2.45, 2.75) is 20.8 Å². The maximum Gasteiger partial charge on any atom is 0.207 e. The van der Waals surface area contributed by atoms with Crippen LogP contribution in [-0.4, -0.2) is 68.7 Å². The lowest BCUT2D eigenvalue weighted by Crippen LogP contribution is -2.36. The van der Waals surface area contributed by atoms with E-state index in [0.29, 0.717) is 6.54 Å². The smallest absolute Gasteiger partial charge is 0.207 e. The molecule has 0 aromatic carbocycles. The summed E-state index contributed by atoms with van der Waals surface area (Å²) in [5, 5.41) is 2.72. The number of hydrogen-bond acceptors (Lipinski definition) is 4. The number of morpholine rings is 1. The number of amides is 1. The van der Waals surface area contributed by atoms with Gasteiger partial charge in [0.2, 0.25) is 6.41 Å². The molecule has 0 aliphatic carbocycles. The number of nitrogens with one attached hydrogen (secondary N) is 1. The molecule has 1 N–H and O–H groups in total. The van der Waals surface area contributed by atoms with E-state index in [1.165, 1.54) is 11.3 Å². The van der Waals surface area contributed by atoms with Gasteiger partial charge in [-0.25, -0.2) is 0 Å². The van der Waals surface area contributed by atoms with Crippen molar-refractivity contribution >= 4 is 6.41 Å². The molecule has 0 aromatic rings. The number of carbonyl (C=O) groups is 1. The summed E-state index contributed by atoms with van der Waals surface area (Å²) in [7, 11) is 0. The summed E-state index contributed by atoms with van der Waals surface area (Å²) >= 11 is 0. The Morgan fingerprint density at radius 2 is 2.05 bits per heavy atom. The second kappa shape index (κ2) is 10.4. The first-order valence-corrected chi connectivity index (χ1v) is 7.75. The van der Waals surface area contributed by atoms with Gasteiger partial charge in [0.15, 0.2) is 0 Å². The molecule has 21 heavy (non-hydrogen) atoms. The van der Waals surface area contributed by atoms with Crippen LogP contribution < -0.4 is 5.32 Å². The topological polar surface area (TPSA) is 44.8 Å². The Labute approximate surface area is 128 Å². The average Bonchev–Trinajstić information content (AvgIpc) is 2.50. The van der Waals surface area contributed by atoms with Gasteiger partial charge in [-0.2, -0.15) is 0 Å². The van der Waals surface area contributed by atoms with Crippen LogP contribution in [0.2, 0.25) is 0 Å². The number of ether oxygens (including phenoxy) is 1. The molecule has 0 spiro atoms. The zero-order valence-corrected chi connectivity index (χ0v) is 13.6. The first-order valence-electron chi connectivity index (χ1n) is 7.75. The van der Waals surface area contributed by atoms with E-state index in [1.54, 1.807) is 0 Å². The summed E-state index contributed by atoms with van der Waals surface area (Å²) in [6.45, 7) is 13.5. The summed E-state index contributed by atoms with van der Waals surface area (Å²) in [5.41, 5.74) is 2.54. The largest absolute Gasteiger partial charge is 0.379 e. The second-order valence-corrected chi connectivity index (χ2v) is 5.35. The van der Waals surface area contributed by atoms with Gasteiger partial charge in [-0.1, -0.05) is 11.6 Å². The van der Waals surface area contributed by atoms with Crippen LogP contribution >= 0.6 is 0 Å². The first kappa shape index (κ1) is 17.7. The predicted octanol–water partition coefficient (Wildman–Crippen LogP) is 1.24. The van der Waals surface area contributed by atoms with E-state index < -0.39 is 0 Å². The van der Waals surface area contributed by atoms with E-state index >= 15 is 0 Å². The highest BCUT2D eigenvalue weighted by atomic mass is 16.5. The van der Waals surface area contributed by atoms with E-state index in [9.17, 15) is 4.79 Å². The van der Waals surface area contributed by atoms with Gasteiger partial charge < -0.3 is 15.0 Å². The molecule has 0 radical (unpaired) electrons. The van der Waals surface area contributed by atoms with Gasteiger partial charge in [-0.3, -0.25) is 9.69 Å². The Kier molecular flexibility index (Phi) is 8.78. The molecule has 1 heterocycles. The lowest BCUT2D eigenvalue weighted by molar-refractivity contribution is -0.109. The van der Waals surface area contributed by atoms with E-state index in [-0.39, 0.29) is 0 Å². The zero-order chi connectivity index (χ0) is 15.5. The molecule has 1 fully saturated rings. The summed E-state index contributed by atoms with van der Waals surface area (Å²) in [4.78, 5) is 15.0. The molecular formula is C16H29N3O2. The molecule has 0 unspecified atom stereocenters. The Balaban J connectivity index is 2.54. The normalized spacial score (nSPS) is 16.0.